The van der Waals surface area contributed by atoms with Crippen LogP contribution in [-0.2, 0) is 19.3 Å². The maximum absolute atomic E-state index is 6.76. The number of pyridine rings is 1. The first-order valence-corrected chi connectivity index (χ1v) is 18.2. The molecule has 0 saturated heterocycles. The van der Waals surface area contributed by atoms with Crippen molar-refractivity contribution in [2.75, 3.05) is 0 Å². The highest BCUT2D eigenvalue weighted by atomic mass is 16.5. The molecule has 7 rings (SSSR count). The molecule has 0 aliphatic heterocycles. The Balaban J connectivity index is 1.33. The predicted octanol–water partition coefficient (Wildman–Crippen LogP) is 11.9. The second-order valence-electron chi connectivity index (χ2n) is 13.9. The number of ether oxygens (including phenoxy) is 1. The lowest BCUT2D eigenvalue weighted by molar-refractivity contribution is 0.481. The normalized spacial score (nSPS) is 11.7. The van der Waals surface area contributed by atoms with Gasteiger partial charge in [0.15, 0.2) is 0 Å². The third-order valence-electron chi connectivity index (χ3n) is 10.0. The number of fused-ring (bicyclic) bond motifs is 3. The minimum Gasteiger partial charge on any atom is -0.457 e. The SMILES string of the molecule is CCCc1ccnc(-n2c3ccccc3c3ccc(Oc4cc(C(C)C)cc(-n5nc(C)c(-c6c(CC)cc(C)cc6CC)c5C)c4)cc32)c1. The van der Waals surface area contributed by atoms with E-state index in [1.54, 1.807) is 0 Å². The summed E-state index contributed by atoms with van der Waals surface area (Å²) in [6.45, 7) is 17.7. The molecular formula is C45H48N4O. The van der Waals surface area contributed by atoms with Gasteiger partial charge in [-0.1, -0.05) is 76.9 Å². The summed E-state index contributed by atoms with van der Waals surface area (Å²) < 4.78 is 11.1. The molecule has 0 aliphatic rings. The highest BCUT2D eigenvalue weighted by molar-refractivity contribution is 6.09. The fourth-order valence-corrected chi connectivity index (χ4v) is 7.62. The minimum absolute atomic E-state index is 0.315. The third-order valence-corrected chi connectivity index (χ3v) is 10.0. The van der Waals surface area contributed by atoms with Crippen LogP contribution in [0.5, 0.6) is 11.5 Å². The van der Waals surface area contributed by atoms with Gasteiger partial charge in [-0.05, 0) is 116 Å². The third kappa shape index (κ3) is 6.00. The molecule has 5 heteroatoms. The van der Waals surface area contributed by atoms with Gasteiger partial charge in [0, 0.05) is 40.4 Å². The first-order valence-electron chi connectivity index (χ1n) is 18.2. The Morgan fingerprint density at radius 1 is 0.720 bits per heavy atom. The molecular weight excluding hydrogens is 613 g/mol. The van der Waals surface area contributed by atoms with E-state index in [9.17, 15) is 0 Å². The lowest BCUT2D eigenvalue weighted by Crippen LogP contribution is -2.03. The van der Waals surface area contributed by atoms with Gasteiger partial charge in [-0.2, -0.15) is 5.10 Å². The Kier molecular flexibility index (Phi) is 9.09. The van der Waals surface area contributed by atoms with Gasteiger partial charge in [-0.15, -0.1) is 0 Å². The van der Waals surface area contributed by atoms with Crippen molar-refractivity contribution < 1.29 is 4.74 Å². The van der Waals surface area contributed by atoms with Crippen molar-refractivity contribution in [3.8, 4) is 34.1 Å². The Hall–Kier alpha value is -5.16. The minimum atomic E-state index is 0.315. The average Bonchev–Trinajstić information content (AvgIpc) is 3.60. The Labute approximate surface area is 296 Å². The highest BCUT2D eigenvalue weighted by Crippen LogP contribution is 2.39. The smallest absolute Gasteiger partial charge is 0.137 e. The Morgan fingerprint density at radius 2 is 1.46 bits per heavy atom. The first kappa shape index (κ1) is 33.3. The van der Waals surface area contributed by atoms with E-state index < -0.39 is 0 Å². The van der Waals surface area contributed by atoms with Crippen LogP contribution in [0.2, 0.25) is 0 Å². The molecule has 7 aromatic rings. The molecule has 0 fully saturated rings. The molecule has 0 bridgehead atoms. The van der Waals surface area contributed by atoms with E-state index in [4.69, 9.17) is 14.8 Å². The molecule has 0 unspecified atom stereocenters. The molecule has 0 saturated carbocycles. The summed E-state index contributed by atoms with van der Waals surface area (Å²) in [6.07, 6.45) is 6.01. The van der Waals surface area contributed by atoms with Gasteiger partial charge < -0.3 is 4.74 Å². The van der Waals surface area contributed by atoms with Gasteiger partial charge in [0.25, 0.3) is 0 Å². The predicted molar refractivity (Wildman–Crippen MR) is 209 cm³/mol. The van der Waals surface area contributed by atoms with Gasteiger partial charge in [0.2, 0.25) is 0 Å². The standard InChI is InChI=1S/C45H48N4O/c1-9-14-32-19-20-46-43(23-32)48-41-16-13-12-15-39(41)40-18-17-37(27-42(40)48)50-38-25-35(28(4)5)24-36(26-38)49-31(8)44(30(7)47-49)45-33(10-2)21-29(6)22-34(45)11-3/h12-13,15-28H,9-11,14H2,1-8H3. The van der Waals surface area contributed by atoms with Crippen LogP contribution in [0.3, 0.4) is 0 Å². The molecule has 0 atom stereocenters. The summed E-state index contributed by atoms with van der Waals surface area (Å²) in [4.78, 5) is 4.83. The van der Waals surface area contributed by atoms with E-state index in [1.807, 2.05) is 6.20 Å². The molecule has 0 amide bonds. The fourth-order valence-electron chi connectivity index (χ4n) is 7.62. The van der Waals surface area contributed by atoms with Crippen LogP contribution in [0.15, 0.2) is 91.1 Å². The number of benzene rings is 4. The van der Waals surface area contributed by atoms with E-state index in [-0.39, 0.29) is 0 Å². The lowest BCUT2D eigenvalue weighted by atomic mass is 9.89. The number of nitrogens with zero attached hydrogens (tertiary/aromatic N) is 4. The van der Waals surface area contributed by atoms with Crippen molar-refractivity contribution in [2.24, 2.45) is 0 Å². The monoisotopic (exact) mass is 660 g/mol. The van der Waals surface area contributed by atoms with E-state index in [2.05, 4.69) is 150 Å². The molecule has 5 nitrogen and oxygen atoms in total. The number of aryl methyl sites for hydroxylation is 5. The maximum atomic E-state index is 6.76. The van der Waals surface area contributed by atoms with E-state index in [0.29, 0.717) is 5.92 Å². The maximum Gasteiger partial charge on any atom is 0.137 e. The Bertz CT molecular complexity index is 2330. The summed E-state index contributed by atoms with van der Waals surface area (Å²) in [5.41, 5.74) is 14.6. The zero-order chi connectivity index (χ0) is 35.1. The van der Waals surface area contributed by atoms with Crippen molar-refractivity contribution >= 4 is 21.8 Å². The highest BCUT2D eigenvalue weighted by Gasteiger charge is 2.21. The van der Waals surface area contributed by atoms with Gasteiger partial charge in [-0.25, -0.2) is 9.67 Å². The molecule has 0 aliphatic carbocycles. The Morgan fingerprint density at radius 3 is 2.18 bits per heavy atom. The van der Waals surface area contributed by atoms with Gasteiger partial charge in [-0.3, -0.25) is 4.57 Å². The summed E-state index contributed by atoms with van der Waals surface area (Å²) in [6, 6.07) is 30.5. The fraction of sp³-hybridized carbons (Fsp3) is 0.289. The molecule has 0 radical (unpaired) electrons. The first-order chi connectivity index (χ1) is 24.2. The van der Waals surface area contributed by atoms with Crippen LogP contribution in [0.25, 0.3) is 44.4 Å². The summed E-state index contributed by atoms with van der Waals surface area (Å²) >= 11 is 0. The zero-order valence-electron chi connectivity index (χ0n) is 30.8. The molecule has 50 heavy (non-hydrogen) atoms. The van der Waals surface area contributed by atoms with Gasteiger partial charge in [0.1, 0.15) is 17.3 Å². The molecule has 0 spiro atoms. The summed E-state index contributed by atoms with van der Waals surface area (Å²) in [5.74, 6) is 2.82. The van der Waals surface area contributed by atoms with Crippen molar-refractivity contribution in [3.63, 3.8) is 0 Å². The van der Waals surface area contributed by atoms with Crippen LogP contribution >= 0.6 is 0 Å². The van der Waals surface area contributed by atoms with Crippen LogP contribution in [-0.4, -0.2) is 19.3 Å². The molecule has 3 heterocycles. The van der Waals surface area contributed by atoms with E-state index >= 15 is 0 Å². The topological polar surface area (TPSA) is 44.9 Å². The summed E-state index contributed by atoms with van der Waals surface area (Å²) in [7, 11) is 0. The number of hydrogen-bond acceptors (Lipinski definition) is 3. The van der Waals surface area contributed by atoms with Crippen LogP contribution in [0.4, 0.5) is 0 Å². The average molecular weight is 661 g/mol. The van der Waals surface area contributed by atoms with Crippen molar-refractivity contribution in [3.05, 3.63) is 130 Å². The largest absolute Gasteiger partial charge is 0.457 e. The molecule has 4 aromatic carbocycles. The molecule has 3 aromatic heterocycles. The van der Waals surface area contributed by atoms with E-state index in [1.165, 1.54) is 49.7 Å². The number of hydrogen-bond donors (Lipinski definition) is 0. The second-order valence-corrected chi connectivity index (χ2v) is 13.9. The van der Waals surface area contributed by atoms with Crippen molar-refractivity contribution in [2.45, 2.75) is 87.0 Å². The van der Waals surface area contributed by atoms with Crippen LogP contribution in [0.1, 0.15) is 86.2 Å². The molecule has 0 N–H and O–H groups in total. The van der Waals surface area contributed by atoms with Crippen LogP contribution in [0, 0.1) is 20.8 Å². The van der Waals surface area contributed by atoms with Crippen LogP contribution < -0.4 is 4.74 Å². The van der Waals surface area contributed by atoms with Crippen molar-refractivity contribution in [1.29, 1.82) is 0 Å². The van der Waals surface area contributed by atoms with E-state index in [0.717, 1.165) is 71.1 Å². The quantitative estimate of drug-likeness (QED) is 0.147. The van der Waals surface area contributed by atoms with Gasteiger partial charge in [0.05, 0.1) is 22.4 Å². The summed E-state index contributed by atoms with van der Waals surface area (Å²) in [5, 5.41) is 7.54. The number of para-hydroxylation sites is 1. The molecule has 254 valence electrons. The zero-order valence-corrected chi connectivity index (χ0v) is 30.8. The van der Waals surface area contributed by atoms with Crippen molar-refractivity contribution in [1.82, 2.24) is 19.3 Å². The lowest BCUT2D eigenvalue weighted by Gasteiger charge is -2.17. The second kappa shape index (κ2) is 13.6. The van der Waals surface area contributed by atoms with Gasteiger partial charge >= 0.3 is 0 Å². The number of aromatic nitrogens is 4. The number of rotatable bonds is 10.